The van der Waals surface area contributed by atoms with Crippen LogP contribution in [-0.4, -0.2) is 44.4 Å². The molecule has 2 aromatic carbocycles. The average molecular weight is 428 g/mol. The molecule has 0 spiro atoms. The predicted octanol–water partition coefficient (Wildman–Crippen LogP) is 3.47. The number of nitrogens with zero attached hydrogens (tertiary/aromatic N) is 2. The van der Waals surface area contributed by atoms with E-state index in [-0.39, 0.29) is 24.3 Å². The summed E-state index contributed by atoms with van der Waals surface area (Å²) in [6.45, 7) is 0.433. The van der Waals surface area contributed by atoms with Gasteiger partial charge in [-0.1, -0.05) is 40.2 Å². The van der Waals surface area contributed by atoms with Crippen LogP contribution < -0.4 is 0 Å². The Balaban J connectivity index is 1.89. The van der Waals surface area contributed by atoms with Gasteiger partial charge < -0.3 is 15.1 Å². The highest BCUT2D eigenvalue weighted by Gasteiger charge is 2.42. The van der Waals surface area contributed by atoms with Gasteiger partial charge in [0, 0.05) is 28.8 Å². The number of hydrogen-bond donors (Lipinski definition) is 3. The minimum atomic E-state index is -0.343. The maximum absolute atomic E-state index is 13.0. The molecule has 6 nitrogen and oxygen atoms in total. The molecule has 0 unspecified atom stereocenters. The van der Waals surface area contributed by atoms with E-state index in [4.69, 9.17) is 0 Å². The number of halogens is 1. The number of rotatable bonds is 5. The lowest BCUT2D eigenvalue weighted by molar-refractivity contribution is 0.0732. The minimum Gasteiger partial charge on any atom is -0.507 e. The number of H-pyrrole nitrogens is 1. The third kappa shape index (κ3) is 3.02. The summed E-state index contributed by atoms with van der Waals surface area (Å²) in [5.41, 5.74) is 3.25. The second kappa shape index (κ2) is 7.17. The van der Waals surface area contributed by atoms with E-state index < -0.39 is 0 Å². The summed E-state index contributed by atoms with van der Waals surface area (Å²) in [6, 6.07) is 14.4. The number of carbonyl (C=O) groups is 1. The van der Waals surface area contributed by atoms with E-state index in [0.29, 0.717) is 29.9 Å². The van der Waals surface area contributed by atoms with Gasteiger partial charge in [0.25, 0.3) is 5.91 Å². The molecule has 1 aromatic heterocycles. The van der Waals surface area contributed by atoms with E-state index >= 15 is 0 Å². The van der Waals surface area contributed by atoms with Crippen molar-refractivity contribution in [3.05, 3.63) is 69.8 Å². The van der Waals surface area contributed by atoms with Gasteiger partial charge in [-0.3, -0.25) is 9.89 Å². The molecule has 7 heteroatoms. The first-order valence-electron chi connectivity index (χ1n) is 8.65. The molecule has 0 aliphatic carbocycles. The fourth-order valence-corrected chi connectivity index (χ4v) is 3.99. The molecular formula is C20H18BrN3O3. The van der Waals surface area contributed by atoms with Crippen molar-refractivity contribution in [2.45, 2.75) is 12.5 Å². The molecule has 0 fully saturated rings. The zero-order valence-corrected chi connectivity index (χ0v) is 16.0. The van der Waals surface area contributed by atoms with Crippen LogP contribution in [0.5, 0.6) is 5.75 Å². The molecule has 27 heavy (non-hydrogen) atoms. The molecule has 4 rings (SSSR count). The number of aliphatic hydroxyl groups excluding tert-OH is 1. The maximum Gasteiger partial charge on any atom is 0.273 e. The van der Waals surface area contributed by atoms with Crippen molar-refractivity contribution in [1.29, 1.82) is 0 Å². The maximum atomic E-state index is 13.0. The van der Waals surface area contributed by atoms with Crippen molar-refractivity contribution in [3.8, 4) is 17.0 Å². The summed E-state index contributed by atoms with van der Waals surface area (Å²) in [4.78, 5) is 14.7. The van der Waals surface area contributed by atoms with E-state index in [1.807, 2.05) is 30.3 Å². The summed E-state index contributed by atoms with van der Waals surface area (Å²) in [5, 5.41) is 26.7. The van der Waals surface area contributed by atoms with Gasteiger partial charge in [0.05, 0.1) is 6.04 Å². The Morgan fingerprint density at radius 1 is 1.19 bits per heavy atom. The summed E-state index contributed by atoms with van der Waals surface area (Å²) in [7, 11) is 0. The van der Waals surface area contributed by atoms with Crippen LogP contribution in [0.4, 0.5) is 0 Å². The topological polar surface area (TPSA) is 89.5 Å². The lowest BCUT2D eigenvalue weighted by Crippen LogP contribution is -2.31. The number of benzene rings is 2. The lowest BCUT2D eigenvalue weighted by Gasteiger charge is -2.26. The van der Waals surface area contributed by atoms with Gasteiger partial charge in [-0.2, -0.15) is 5.10 Å². The number of aromatic hydroxyl groups is 1. The molecule has 1 aliphatic rings. The fourth-order valence-electron chi connectivity index (χ4n) is 3.57. The first-order chi connectivity index (χ1) is 13.1. The highest BCUT2D eigenvalue weighted by Crippen LogP contribution is 2.44. The first-order valence-corrected chi connectivity index (χ1v) is 9.45. The molecule has 0 saturated heterocycles. The number of carbonyl (C=O) groups excluding carboxylic acids is 1. The lowest BCUT2D eigenvalue weighted by atomic mass is 9.95. The highest BCUT2D eigenvalue weighted by atomic mass is 79.9. The summed E-state index contributed by atoms with van der Waals surface area (Å²) in [6.07, 6.45) is 0.486. The van der Waals surface area contributed by atoms with Crippen LogP contribution in [0.1, 0.15) is 34.1 Å². The van der Waals surface area contributed by atoms with E-state index in [9.17, 15) is 15.0 Å². The van der Waals surface area contributed by atoms with E-state index in [2.05, 4.69) is 26.1 Å². The molecule has 138 valence electrons. The smallest absolute Gasteiger partial charge is 0.273 e. The number of amides is 1. The number of phenols is 1. The van der Waals surface area contributed by atoms with Crippen LogP contribution in [0.2, 0.25) is 0 Å². The standard InChI is InChI=1S/C20H18BrN3O3/c21-13-6-3-5-12(11-13)19-16-17(14-7-1-2-8-15(14)26)22-23-18(16)20(27)24(19)9-4-10-25/h1-3,5-8,11,19,25-26H,4,9-10H2,(H,22,23)/t19-/m1/s1. The molecule has 0 saturated carbocycles. The number of hydrogen-bond acceptors (Lipinski definition) is 4. The minimum absolute atomic E-state index is 0.00744. The number of phenolic OH excluding ortho intramolecular Hbond substituents is 1. The monoisotopic (exact) mass is 427 g/mol. The molecule has 3 N–H and O–H groups in total. The van der Waals surface area contributed by atoms with Gasteiger partial charge in [-0.15, -0.1) is 0 Å². The highest BCUT2D eigenvalue weighted by molar-refractivity contribution is 9.10. The second-order valence-corrected chi connectivity index (χ2v) is 7.33. The number of fused-ring (bicyclic) bond motifs is 1. The molecule has 1 amide bonds. The average Bonchev–Trinajstić information content (AvgIpc) is 3.20. The van der Waals surface area contributed by atoms with Crippen molar-refractivity contribution in [2.75, 3.05) is 13.2 Å². The van der Waals surface area contributed by atoms with Crippen LogP contribution >= 0.6 is 15.9 Å². The second-order valence-electron chi connectivity index (χ2n) is 6.41. The van der Waals surface area contributed by atoms with Crippen LogP contribution in [0.15, 0.2) is 53.0 Å². The van der Waals surface area contributed by atoms with E-state index in [1.54, 1.807) is 23.1 Å². The summed E-state index contributed by atoms with van der Waals surface area (Å²) >= 11 is 3.50. The fraction of sp³-hybridized carbons (Fsp3) is 0.200. The Bertz CT molecular complexity index is 1000. The van der Waals surface area contributed by atoms with Crippen molar-refractivity contribution in [3.63, 3.8) is 0 Å². The van der Waals surface area contributed by atoms with E-state index in [1.165, 1.54) is 0 Å². The van der Waals surface area contributed by atoms with Gasteiger partial charge in [0.15, 0.2) is 0 Å². The third-order valence-corrected chi connectivity index (χ3v) is 5.24. The van der Waals surface area contributed by atoms with Gasteiger partial charge in [-0.25, -0.2) is 0 Å². The molecule has 2 heterocycles. The van der Waals surface area contributed by atoms with Crippen molar-refractivity contribution in [1.82, 2.24) is 15.1 Å². The Labute approximate surface area is 164 Å². The zero-order chi connectivity index (χ0) is 19.0. The van der Waals surface area contributed by atoms with Gasteiger partial charge in [0.1, 0.15) is 17.1 Å². The number of aliphatic hydroxyl groups is 1. The van der Waals surface area contributed by atoms with Gasteiger partial charge >= 0.3 is 0 Å². The molecular weight excluding hydrogens is 410 g/mol. The normalized spacial score (nSPS) is 16.0. The Morgan fingerprint density at radius 3 is 2.74 bits per heavy atom. The van der Waals surface area contributed by atoms with Crippen LogP contribution in [0.25, 0.3) is 11.3 Å². The molecule has 0 bridgehead atoms. The van der Waals surface area contributed by atoms with Crippen molar-refractivity contribution >= 4 is 21.8 Å². The number of nitrogens with one attached hydrogen (secondary N) is 1. The van der Waals surface area contributed by atoms with Crippen LogP contribution in [-0.2, 0) is 0 Å². The summed E-state index contributed by atoms with van der Waals surface area (Å²) in [5.74, 6) is -0.0429. The Morgan fingerprint density at radius 2 is 2.00 bits per heavy atom. The summed E-state index contributed by atoms with van der Waals surface area (Å²) < 4.78 is 0.913. The number of aromatic amines is 1. The van der Waals surface area contributed by atoms with Crippen molar-refractivity contribution in [2.24, 2.45) is 0 Å². The quantitative estimate of drug-likeness (QED) is 0.581. The molecule has 0 radical (unpaired) electrons. The Kier molecular flexibility index (Phi) is 4.72. The van der Waals surface area contributed by atoms with Crippen LogP contribution in [0, 0.1) is 0 Å². The van der Waals surface area contributed by atoms with E-state index in [0.717, 1.165) is 15.6 Å². The number of para-hydroxylation sites is 1. The first kappa shape index (κ1) is 17.8. The SMILES string of the molecule is O=C1c2[nH]nc(-c3ccccc3O)c2[C@@H](c2cccc(Br)c2)N1CCCO. The molecule has 3 aromatic rings. The van der Waals surface area contributed by atoms with Gasteiger partial charge in [0.2, 0.25) is 0 Å². The number of aromatic nitrogens is 2. The molecule has 1 atom stereocenters. The Hall–Kier alpha value is -2.64. The predicted molar refractivity (Wildman–Crippen MR) is 104 cm³/mol. The van der Waals surface area contributed by atoms with Crippen LogP contribution in [0.3, 0.4) is 0 Å². The molecule has 1 aliphatic heterocycles. The zero-order valence-electron chi connectivity index (χ0n) is 14.4. The largest absolute Gasteiger partial charge is 0.507 e. The third-order valence-electron chi connectivity index (χ3n) is 4.74. The van der Waals surface area contributed by atoms with Gasteiger partial charge in [-0.05, 0) is 36.2 Å². The van der Waals surface area contributed by atoms with Crippen molar-refractivity contribution < 1.29 is 15.0 Å².